The molecule has 2 aromatic rings. The quantitative estimate of drug-likeness (QED) is 0.270. The second kappa shape index (κ2) is 11.0. The average Bonchev–Trinajstić information content (AvgIpc) is 3.19. The largest absolute Gasteiger partial charge is 0.494 e. The van der Waals surface area contributed by atoms with E-state index in [0.29, 0.717) is 37.1 Å². The van der Waals surface area contributed by atoms with Gasteiger partial charge in [0.1, 0.15) is 11.3 Å². The Bertz CT molecular complexity index is 868. The molecular formula is C19H27N5O5S. The number of ether oxygens (including phenoxy) is 2. The number of morpholine rings is 1. The second-order valence-corrected chi connectivity index (χ2v) is 7.81. The Morgan fingerprint density at radius 3 is 2.80 bits per heavy atom. The fourth-order valence-corrected chi connectivity index (χ4v) is 4.25. The number of thiazole rings is 1. The molecule has 1 aromatic carbocycles. The van der Waals surface area contributed by atoms with E-state index >= 15 is 0 Å². The fourth-order valence-electron chi connectivity index (χ4n) is 3.23. The number of methoxy groups -OCH3 is 1. The summed E-state index contributed by atoms with van der Waals surface area (Å²) in [7, 11) is 1.60. The number of amides is 3. The van der Waals surface area contributed by atoms with Crippen LogP contribution in [0.15, 0.2) is 12.1 Å². The Hall–Kier alpha value is -2.63. The van der Waals surface area contributed by atoms with E-state index < -0.39 is 5.91 Å². The molecule has 3 rings (SSSR count). The predicted molar refractivity (Wildman–Crippen MR) is 115 cm³/mol. The molecule has 10 nitrogen and oxygen atoms in total. The van der Waals surface area contributed by atoms with Crippen LogP contribution in [0.3, 0.4) is 0 Å². The highest BCUT2D eigenvalue weighted by Gasteiger charge is 2.19. The molecule has 1 aliphatic rings. The van der Waals surface area contributed by atoms with Crippen LogP contribution in [0.1, 0.15) is 25.7 Å². The van der Waals surface area contributed by atoms with Crippen LogP contribution in [0.5, 0.6) is 5.75 Å². The Kier molecular flexibility index (Phi) is 8.05. The number of carbonyl (C=O) groups excluding carboxylic acids is 2. The molecule has 1 aliphatic heterocycles. The van der Waals surface area contributed by atoms with E-state index in [4.69, 9.17) is 14.7 Å². The van der Waals surface area contributed by atoms with E-state index in [9.17, 15) is 9.59 Å². The van der Waals surface area contributed by atoms with E-state index in [-0.39, 0.29) is 12.5 Å². The number of hydrogen-bond donors (Lipinski definition) is 4. The van der Waals surface area contributed by atoms with Gasteiger partial charge >= 0.3 is 6.03 Å². The standard InChI is InChI=1S/C19H27N5O5S/c1-28-14-7-6-13(24-9-11-29-12-10-24)17-16(14)21-19(30-17)22-18(26)20-8-4-2-3-5-15(25)23-27/h6-7,27H,2-5,8-12H2,1H3,(H,23,25)(H2,20,21,22,26). The highest BCUT2D eigenvalue weighted by Crippen LogP contribution is 2.39. The lowest BCUT2D eigenvalue weighted by Crippen LogP contribution is -2.36. The van der Waals surface area contributed by atoms with E-state index in [1.165, 1.54) is 11.3 Å². The van der Waals surface area contributed by atoms with Gasteiger partial charge < -0.3 is 19.7 Å². The first-order valence-corrected chi connectivity index (χ1v) is 10.7. The lowest BCUT2D eigenvalue weighted by molar-refractivity contribution is -0.129. The third-order valence-electron chi connectivity index (χ3n) is 4.77. The molecule has 4 N–H and O–H groups in total. The summed E-state index contributed by atoms with van der Waals surface area (Å²) in [6.07, 6.45) is 2.43. The van der Waals surface area contributed by atoms with Gasteiger partial charge in [-0.1, -0.05) is 17.8 Å². The number of fused-ring (bicyclic) bond motifs is 1. The number of unbranched alkanes of at least 4 members (excludes halogenated alkanes) is 2. The monoisotopic (exact) mass is 437 g/mol. The summed E-state index contributed by atoms with van der Waals surface area (Å²) in [4.78, 5) is 30.0. The molecule has 1 aromatic heterocycles. The van der Waals surface area contributed by atoms with Crippen LogP contribution in [-0.2, 0) is 9.53 Å². The van der Waals surface area contributed by atoms with Crippen molar-refractivity contribution in [1.82, 2.24) is 15.8 Å². The summed E-state index contributed by atoms with van der Waals surface area (Å²) in [5.74, 6) is 0.266. The molecule has 0 radical (unpaired) electrons. The highest BCUT2D eigenvalue weighted by atomic mass is 32.1. The maximum absolute atomic E-state index is 12.2. The van der Waals surface area contributed by atoms with Crippen molar-refractivity contribution in [2.75, 3.05) is 50.2 Å². The second-order valence-electron chi connectivity index (χ2n) is 6.81. The number of anilines is 2. The number of urea groups is 1. The van der Waals surface area contributed by atoms with E-state index in [1.807, 2.05) is 12.1 Å². The molecule has 1 saturated heterocycles. The number of hydrogen-bond acceptors (Lipinski definition) is 8. The first kappa shape index (κ1) is 22.1. The van der Waals surface area contributed by atoms with Crippen LogP contribution in [0.4, 0.5) is 15.6 Å². The van der Waals surface area contributed by atoms with Gasteiger partial charge in [-0.05, 0) is 25.0 Å². The van der Waals surface area contributed by atoms with Crippen molar-refractivity contribution in [2.45, 2.75) is 25.7 Å². The minimum absolute atomic E-state index is 0.266. The average molecular weight is 438 g/mol. The van der Waals surface area contributed by atoms with E-state index in [1.54, 1.807) is 12.6 Å². The van der Waals surface area contributed by atoms with Crippen molar-refractivity contribution in [3.63, 3.8) is 0 Å². The van der Waals surface area contributed by atoms with Crippen molar-refractivity contribution < 1.29 is 24.3 Å². The van der Waals surface area contributed by atoms with Gasteiger partial charge in [0.15, 0.2) is 5.13 Å². The van der Waals surface area contributed by atoms with Gasteiger partial charge in [0.05, 0.1) is 30.7 Å². The van der Waals surface area contributed by atoms with Crippen LogP contribution in [0.2, 0.25) is 0 Å². The molecule has 0 atom stereocenters. The first-order chi connectivity index (χ1) is 14.6. The normalized spacial score (nSPS) is 13.9. The van der Waals surface area contributed by atoms with Gasteiger partial charge in [-0.2, -0.15) is 0 Å². The van der Waals surface area contributed by atoms with Crippen LogP contribution in [0, 0.1) is 0 Å². The molecule has 0 aliphatic carbocycles. The van der Waals surface area contributed by atoms with Gasteiger partial charge in [0, 0.05) is 26.1 Å². The van der Waals surface area contributed by atoms with Crippen LogP contribution in [0.25, 0.3) is 10.2 Å². The molecule has 0 spiro atoms. The third-order valence-corrected chi connectivity index (χ3v) is 5.76. The molecule has 3 amide bonds. The maximum atomic E-state index is 12.2. The third kappa shape index (κ3) is 5.71. The van der Waals surface area contributed by atoms with Crippen molar-refractivity contribution in [1.29, 1.82) is 0 Å². The number of rotatable bonds is 9. The first-order valence-electron chi connectivity index (χ1n) is 9.90. The lowest BCUT2D eigenvalue weighted by Gasteiger charge is -2.29. The van der Waals surface area contributed by atoms with Crippen molar-refractivity contribution >= 4 is 44.3 Å². The zero-order valence-electron chi connectivity index (χ0n) is 16.9. The molecule has 1 fully saturated rings. The molecule has 164 valence electrons. The van der Waals surface area contributed by atoms with Gasteiger partial charge in [0.2, 0.25) is 5.91 Å². The number of nitrogens with zero attached hydrogens (tertiary/aromatic N) is 2. The summed E-state index contributed by atoms with van der Waals surface area (Å²) in [6.45, 7) is 3.47. The highest BCUT2D eigenvalue weighted by molar-refractivity contribution is 7.23. The fraction of sp³-hybridized carbons (Fsp3) is 0.526. The van der Waals surface area contributed by atoms with Crippen molar-refractivity contribution in [2.24, 2.45) is 0 Å². The van der Waals surface area contributed by atoms with Crippen molar-refractivity contribution in [3.05, 3.63) is 12.1 Å². The van der Waals surface area contributed by atoms with Gasteiger partial charge in [-0.3, -0.25) is 15.3 Å². The maximum Gasteiger partial charge on any atom is 0.321 e. The minimum Gasteiger partial charge on any atom is -0.494 e. The lowest BCUT2D eigenvalue weighted by atomic mass is 10.2. The Morgan fingerprint density at radius 2 is 2.07 bits per heavy atom. The Balaban J connectivity index is 1.58. The van der Waals surface area contributed by atoms with Crippen molar-refractivity contribution in [3.8, 4) is 5.75 Å². The van der Waals surface area contributed by atoms with Gasteiger partial charge in [0.25, 0.3) is 0 Å². The number of aromatic nitrogens is 1. The summed E-state index contributed by atoms with van der Waals surface area (Å²) in [6, 6.07) is 3.59. The topological polar surface area (TPSA) is 125 Å². The molecule has 0 bridgehead atoms. The molecule has 30 heavy (non-hydrogen) atoms. The number of carbonyl (C=O) groups is 2. The van der Waals surface area contributed by atoms with Crippen LogP contribution < -0.4 is 25.8 Å². The Morgan fingerprint density at radius 1 is 1.27 bits per heavy atom. The molecule has 0 saturated carbocycles. The minimum atomic E-state index is -0.400. The summed E-state index contributed by atoms with van der Waals surface area (Å²) in [5.41, 5.74) is 3.39. The smallest absolute Gasteiger partial charge is 0.321 e. The van der Waals surface area contributed by atoms with E-state index in [0.717, 1.165) is 41.8 Å². The predicted octanol–water partition coefficient (Wildman–Crippen LogP) is 2.33. The summed E-state index contributed by atoms with van der Waals surface area (Å²) >= 11 is 1.41. The SMILES string of the molecule is COc1ccc(N2CCOCC2)c2sc(NC(=O)NCCCCCC(=O)NO)nc12. The number of benzene rings is 1. The summed E-state index contributed by atoms with van der Waals surface area (Å²) < 4.78 is 11.9. The van der Waals surface area contributed by atoms with Gasteiger partial charge in [-0.15, -0.1) is 0 Å². The zero-order valence-corrected chi connectivity index (χ0v) is 17.7. The number of hydroxylamine groups is 1. The molecular weight excluding hydrogens is 410 g/mol. The van der Waals surface area contributed by atoms with Crippen LogP contribution >= 0.6 is 11.3 Å². The molecule has 0 unspecified atom stereocenters. The zero-order chi connectivity index (χ0) is 21.3. The molecule has 2 heterocycles. The van der Waals surface area contributed by atoms with Crippen LogP contribution in [-0.4, -0.2) is 62.1 Å². The number of nitrogens with one attached hydrogen (secondary N) is 3. The van der Waals surface area contributed by atoms with Gasteiger partial charge in [-0.25, -0.2) is 15.3 Å². The molecule has 11 heteroatoms. The van der Waals surface area contributed by atoms with E-state index in [2.05, 4.69) is 20.5 Å². The Labute approximate surface area is 178 Å². The summed E-state index contributed by atoms with van der Waals surface area (Å²) in [5, 5.41) is 14.5.